The molecule has 0 aliphatic carbocycles. The number of aromatic nitrogens is 1. The Balaban J connectivity index is 2.20. The smallest absolute Gasteiger partial charge is 0.137 e. The van der Waals surface area contributed by atoms with E-state index < -0.39 is 0 Å². The number of nitrogens with zero attached hydrogens (tertiary/aromatic N) is 1. The van der Waals surface area contributed by atoms with Crippen molar-refractivity contribution in [3.63, 3.8) is 0 Å². The molecule has 2 aromatic rings. The van der Waals surface area contributed by atoms with Crippen molar-refractivity contribution in [2.45, 2.75) is 12.5 Å². The molecule has 0 bridgehead atoms. The average molecular weight is 310 g/mol. The van der Waals surface area contributed by atoms with Crippen molar-refractivity contribution in [1.82, 2.24) is 10.4 Å². The summed E-state index contributed by atoms with van der Waals surface area (Å²) in [5, 5.41) is 0. The predicted molar refractivity (Wildman–Crippen MR) is 72.1 cm³/mol. The van der Waals surface area contributed by atoms with Crippen LogP contribution < -0.4 is 11.3 Å². The number of benzene rings is 1. The van der Waals surface area contributed by atoms with Gasteiger partial charge in [-0.05, 0) is 51.7 Å². The molecule has 1 unspecified atom stereocenters. The van der Waals surface area contributed by atoms with Gasteiger partial charge in [-0.2, -0.15) is 0 Å². The molecule has 0 aliphatic rings. The Bertz CT molecular complexity index is 519. The van der Waals surface area contributed by atoms with Gasteiger partial charge in [-0.15, -0.1) is 0 Å². The van der Waals surface area contributed by atoms with Crippen LogP contribution in [0.2, 0.25) is 0 Å². The van der Waals surface area contributed by atoms with Gasteiger partial charge in [0.05, 0.1) is 10.5 Å². The van der Waals surface area contributed by atoms with E-state index in [0.29, 0.717) is 10.9 Å². The monoisotopic (exact) mass is 309 g/mol. The lowest BCUT2D eigenvalue weighted by molar-refractivity contribution is 0.543. The molecule has 1 aromatic carbocycles. The van der Waals surface area contributed by atoms with Gasteiger partial charge < -0.3 is 0 Å². The zero-order valence-electron chi connectivity index (χ0n) is 9.61. The second-order valence-electron chi connectivity index (χ2n) is 3.96. The van der Waals surface area contributed by atoms with E-state index in [1.807, 2.05) is 18.2 Å². The van der Waals surface area contributed by atoms with Gasteiger partial charge in [-0.3, -0.25) is 16.3 Å². The highest BCUT2D eigenvalue weighted by molar-refractivity contribution is 9.10. The minimum atomic E-state index is -0.293. The Hall–Kier alpha value is -1.30. The van der Waals surface area contributed by atoms with E-state index in [1.165, 1.54) is 6.07 Å². The summed E-state index contributed by atoms with van der Waals surface area (Å²) in [5.41, 5.74) is 4.56. The van der Waals surface area contributed by atoms with Crippen LogP contribution in [0.4, 0.5) is 4.39 Å². The van der Waals surface area contributed by atoms with Crippen molar-refractivity contribution in [3.8, 4) is 0 Å². The first-order valence-corrected chi connectivity index (χ1v) is 6.30. The number of pyridine rings is 1. The van der Waals surface area contributed by atoms with Crippen molar-refractivity contribution < 1.29 is 4.39 Å². The molecule has 2 rings (SSSR count). The molecule has 1 heterocycles. The molecule has 0 amide bonds. The maximum Gasteiger partial charge on any atom is 0.137 e. The highest BCUT2D eigenvalue weighted by Gasteiger charge is 2.12. The van der Waals surface area contributed by atoms with Crippen molar-refractivity contribution in [2.24, 2.45) is 5.84 Å². The van der Waals surface area contributed by atoms with Gasteiger partial charge in [-0.1, -0.05) is 12.1 Å². The first-order chi connectivity index (χ1) is 8.70. The van der Waals surface area contributed by atoms with E-state index in [1.54, 1.807) is 18.5 Å². The van der Waals surface area contributed by atoms with Crippen molar-refractivity contribution in [2.75, 3.05) is 0 Å². The lowest BCUT2D eigenvalue weighted by Gasteiger charge is -2.16. The first kappa shape index (κ1) is 13.1. The fourth-order valence-electron chi connectivity index (χ4n) is 1.76. The number of hydrazine groups is 1. The molecular weight excluding hydrogens is 297 g/mol. The lowest BCUT2D eigenvalue weighted by Crippen LogP contribution is -2.29. The van der Waals surface area contributed by atoms with E-state index in [2.05, 4.69) is 26.3 Å². The van der Waals surface area contributed by atoms with Crippen LogP contribution >= 0.6 is 15.9 Å². The Morgan fingerprint density at radius 2 is 2.22 bits per heavy atom. The molecule has 0 spiro atoms. The summed E-state index contributed by atoms with van der Waals surface area (Å²) in [4.78, 5) is 4.05. The maximum absolute atomic E-state index is 13.5. The van der Waals surface area contributed by atoms with Crippen molar-refractivity contribution in [3.05, 3.63) is 64.1 Å². The standard InChI is InChI=1S/C13H13BrFN3/c14-11-4-3-10(7-12(11)15)13(18-16)6-9-2-1-5-17-8-9/h1-5,7-8,13,18H,6,16H2. The lowest BCUT2D eigenvalue weighted by atomic mass is 10.0. The van der Waals surface area contributed by atoms with E-state index >= 15 is 0 Å². The number of nitrogens with one attached hydrogen (secondary N) is 1. The third-order valence-corrected chi connectivity index (χ3v) is 3.35. The van der Waals surface area contributed by atoms with Crippen LogP contribution in [-0.4, -0.2) is 4.98 Å². The summed E-state index contributed by atoms with van der Waals surface area (Å²) in [6.07, 6.45) is 4.15. The summed E-state index contributed by atoms with van der Waals surface area (Å²) >= 11 is 3.13. The average Bonchev–Trinajstić information content (AvgIpc) is 2.40. The van der Waals surface area contributed by atoms with Crippen molar-refractivity contribution >= 4 is 15.9 Å². The number of halogens is 2. The van der Waals surface area contributed by atoms with Crippen LogP contribution in [0.3, 0.4) is 0 Å². The number of hydrogen-bond donors (Lipinski definition) is 2. The third-order valence-electron chi connectivity index (χ3n) is 2.71. The summed E-state index contributed by atoms with van der Waals surface area (Å²) in [6, 6.07) is 8.69. The highest BCUT2D eigenvalue weighted by Crippen LogP contribution is 2.22. The Kier molecular flexibility index (Phi) is 4.41. The summed E-state index contributed by atoms with van der Waals surface area (Å²) < 4.78 is 13.9. The summed E-state index contributed by atoms with van der Waals surface area (Å²) in [7, 11) is 0. The third kappa shape index (κ3) is 3.13. The van der Waals surface area contributed by atoms with Gasteiger partial charge in [0.15, 0.2) is 0 Å². The van der Waals surface area contributed by atoms with E-state index in [-0.39, 0.29) is 11.9 Å². The minimum Gasteiger partial charge on any atom is -0.271 e. The molecule has 3 N–H and O–H groups in total. The highest BCUT2D eigenvalue weighted by atomic mass is 79.9. The van der Waals surface area contributed by atoms with Gasteiger partial charge in [0.1, 0.15) is 5.82 Å². The molecule has 94 valence electrons. The minimum absolute atomic E-state index is 0.142. The Morgan fingerprint density at radius 3 is 2.83 bits per heavy atom. The van der Waals surface area contributed by atoms with E-state index in [0.717, 1.165) is 11.1 Å². The Morgan fingerprint density at radius 1 is 1.39 bits per heavy atom. The molecule has 0 fully saturated rings. The molecule has 5 heteroatoms. The van der Waals surface area contributed by atoms with Gasteiger partial charge in [0.25, 0.3) is 0 Å². The molecule has 0 aliphatic heterocycles. The SMILES string of the molecule is NNC(Cc1cccnc1)c1ccc(Br)c(F)c1. The molecule has 3 nitrogen and oxygen atoms in total. The molecule has 1 atom stereocenters. The van der Waals surface area contributed by atoms with Crippen LogP contribution in [0.15, 0.2) is 47.2 Å². The Labute approximate surface area is 113 Å². The summed E-state index contributed by atoms with van der Waals surface area (Å²) in [5.74, 6) is 5.24. The fraction of sp³-hybridized carbons (Fsp3) is 0.154. The molecule has 0 saturated carbocycles. The second kappa shape index (κ2) is 6.04. The van der Waals surface area contributed by atoms with Crippen LogP contribution in [-0.2, 0) is 6.42 Å². The molecule has 0 saturated heterocycles. The van der Waals surface area contributed by atoms with Crippen LogP contribution in [0.25, 0.3) is 0 Å². The van der Waals surface area contributed by atoms with Gasteiger partial charge in [0.2, 0.25) is 0 Å². The number of nitrogens with two attached hydrogens (primary N) is 1. The number of hydrogen-bond acceptors (Lipinski definition) is 3. The first-order valence-electron chi connectivity index (χ1n) is 5.50. The van der Waals surface area contributed by atoms with Crippen molar-refractivity contribution in [1.29, 1.82) is 0 Å². The van der Waals surface area contributed by atoms with Crippen LogP contribution in [0.5, 0.6) is 0 Å². The number of rotatable bonds is 4. The van der Waals surface area contributed by atoms with Gasteiger partial charge >= 0.3 is 0 Å². The fourth-order valence-corrected chi connectivity index (χ4v) is 2.00. The molecular formula is C13H13BrFN3. The quantitative estimate of drug-likeness (QED) is 0.674. The predicted octanol–water partition coefficient (Wildman–Crippen LogP) is 2.73. The van der Waals surface area contributed by atoms with Crippen LogP contribution in [0, 0.1) is 5.82 Å². The van der Waals surface area contributed by atoms with E-state index in [4.69, 9.17) is 5.84 Å². The summed E-state index contributed by atoms with van der Waals surface area (Å²) in [6.45, 7) is 0. The topological polar surface area (TPSA) is 50.9 Å². The molecule has 1 aromatic heterocycles. The van der Waals surface area contributed by atoms with Gasteiger partial charge in [0, 0.05) is 12.4 Å². The largest absolute Gasteiger partial charge is 0.271 e. The van der Waals surface area contributed by atoms with E-state index in [9.17, 15) is 4.39 Å². The zero-order chi connectivity index (χ0) is 13.0. The normalized spacial score (nSPS) is 12.4. The van der Waals surface area contributed by atoms with Gasteiger partial charge in [-0.25, -0.2) is 4.39 Å². The van der Waals surface area contributed by atoms with Crippen LogP contribution in [0.1, 0.15) is 17.2 Å². The molecule has 18 heavy (non-hydrogen) atoms. The second-order valence-corrected chi connectivity index (χ2v) is 4.81. The molecule has 0 radical (unpaired) electrons. The zero-order valence-corrected chi connectivity index (χ0v) is 11.2. The maximum atomic E-state index is 13.5.